The van der Waals surface area contributed by atoms with Gasteiger partial charge in [0.1, 0.15) is 5.52 Å². The van der Waals surface area contributed by atoms with E-state index >= 15 is 0 Å². The predicted molar refractivity (Wildman–Crippen MR) is 102 cm³/mol. The second-order valence-corrected chi connectivity index (χ2v) is 8.05. The van der Waals surface area contributed by atoms with Gasteiger partial charge in [-0.2, -0.15) is 4.98 Å². The van der Waals surface area contributed by atoms with E-state index in [9.17, 15) is 13.6 Å². The first-order valence-electron chi connectivity index (χ1n) is 10.1. The van der Waals surface area contributed by atoms with E-state index in [0.29, 0.717) is 24.8 Å². The number of pyridine rings is 1. The molecule has 0 unspecified atom stereocenters. The van der Waals surface area contributed by atoms with E-state index in [0.717, 1.165) is 38.1 Å². The molecule has 0 aliphatic carbocycles. The Morgan fingerprint density at radius 3 is 2.69 bits per heavy atom. The maximum absolute atomic E-state index is 13.4. The molecule has 29 heavy (non-hydrogen) atoms. The van der Waals surface area contributed by atoms with Crippen LogP contribution in [0.4, 0.5) is 19.6 Å². The number of amides is 2. The van der Waals surface area contributed by atoms with Crippen LogP contribution in [0.1, 0.15) is 12.8 Å². The molecule has 5 heterocycles. The van der Waals surface area contributed by atoms with Crippen LogP contribution in [0, 0.1) is 0 Å². The Morgan fingerprint density at radius 2 is 1.97 bits per heavy atom. The summed E-state index contributed by atoms with van der Waals surface area (Å²) in [6.07, 6.45) is 2.33. The zero-order valence-electron chi connectivity index (χ0n) is 16.1. The lowest BCUT2D eigenvalue weighted by Crippen LogP contribution is -2.51. The molecular weight excluding hydrogens is 382 g/mol. The molecule has 5 rings (SSSR count). The van der Waals surface area contributed by atoms with Gasteiger partial charge in [0.2, 0.25) is 5.71 Å². The number of likely N-dealkylation sites (tertiary alicyclic amines) is 2. The average Bonchev–Trinajstić information content (AvgIpc) is 3.45. The third-order valence-corrected chi connectivity index (χ3v) is 6.13. The molecule has 2 amide bonds. The molecule has 8 nitrogen and oxygen atoms in total. The number of rotatable bonds is 2. The van der Waals surface area contributed by atoms with Crippen LogP contribution in [0.3, 0.4) is 0 Å². The van der Waals surface area contributed by atoms with E-state index < -0.39 is 12.5 Å². The molecule has 2 aromatic rings. The van der Waals surface area contributed by atoms with Crippen molar-refractivity contribution >= 4 is 23.3 Å². The molecular formula is C19H24F2N6O2. The number of fused-ring (bicyclic) bond motifs is 1. The number of carbonyl (C=O) groups excluding carboxylic acids is 1. The Bertz CT molecular complexity index is 865. The number of hydrogen-bond acceptors (Lipinski definition) is 6. The first-order valence-corrected chi connectivity index (χ1v) is 10.1. The lowest BCUT2D eigenvalue weighted by Gasteiger charge is -2.37. The van der Waals surface area contributed by atoms with Crippen LogP contribution >= 0.6 is 0 Å². The molecule has 0 aromatic carbocycles. The number of hydrogen-bond donors (Lipinski definition) is 0. The third kappa shape index (κ3) is 3.61. The molecule has 0 N–H and O–H groups in total. The molecule has 0 saturated carbocycles. The van der Waals surface area contributed by atoms with E-state index in [1.54, 1.807) is 11.1 Å². The van der Waals surface area contributed by atoms with Gasteiger partial charge in [-0.15, -0.1) is 0 Å². The highest BCUT2D eigenvalue weighted by atomic mass is 19.3. The summed E-state index contributed by atoms with van der Waals surface area (Å²) in [4.78, 5) is 28.8. The van der Waals surface area contributed by atoms with Gasteiger partial charge in [-0.05, 0) is 18.6 Å². The van der Waals surface area contributed by atoms with Gasteiger partial charge in [0, 0.05) is 64.5 Å². The zero-order chi connectivity index (χ0) is 20.0. The van der Waals surface area contributed by atoms with Gasteiger partial charge in [0.25, 0.3) is 11.9 Å². The van der Waals surface area contributed by atoms with Crippen molar-refractivity contribution in [3.63, 3.8) is 0 Å². The first-order chi connectivity index (χ1) is 14.0. The normalized spacial score (nSPS) is 25.3. The molecule has 0 bridgehead atoms. The van der Waals surface area contributed by atoms with Gasteiger partial charge in [-0.25, -0.2) is 18.6 Å². The summed E-state index contributed by atoms with van der Waals surface area (Å²) >= 11 is 0. The van der Waals surface area contributed by atoms with Crippen molar-refractivity contribution in [3.05, 3.63) is 18.3 Å². The number of aromatic nitrogens is 2. The minimum absolute atomic E-state index is 0.144. The molecule has 156 valence electrons. The van der Waals surface area contributed by atoms with Gasteiger partial charge in [0.05, 0.1) is 6.54 Å². The smallest absolute Gasteiger partial charge is 0.320 e. The number of halogens is 2. The Morgan fingerprint density at radius 1 is 1.14 bits per heavy atom. The van der Waals surface area contributed by atoms with Crippen LogP contribution in [0.5, 0.6) is 0 Å². The fourth-order valence-corrected chi connectivity index (χ4v) is 4.48. The van der Waals surface area contributed by atoms with Crippen molar-refractivity contribution in [3.8, 4) is 0 Å². The molecule has 1 atom stereocenters. The van der Waals surface area contributed by atoms with E-state index in [-0.39, 0.29) is 25.0 Å². The number of anilines is 1. The van der Waals surface area contributed by atoms with Gasteiger partial charge in [0.15, 0.2) is 0 Å². The summed E-state index contributed by atoms with van der Waals surface area (Å²) in [6.45, 7) is 4.19. The van der Waals surface area contributed by atoms with Crippen LogP contribution < -0.4 is 4.90 Å². The number of urea groups is 1. The first kappa shape index (κ1) is 18.5. The standard InChI is InChI=1S/C19H24F2N6O2/c20-19(21)4-7-27(13-19)18(28)26-6-3-14(12-26)24-8-10-25(11-9-24)17-23-15-2-1-5-22-16(15)29-17/h1-2,5,14H,3-4,6-13H2/t14-/m0/s1. The molecule has 3 aliphatic rings. The molecule has 0 spiro atoms. The lowest BCUT2D eigenvalue weighted by molar-refractivity contribution is 0.0140. The van der Waals surface area contributed by atoms with Gasteiger partial charge in [-0.1, -0.05) is 0 Å². The number of piperazine rings is 1. The highest BCUT2D eigenvalue weighted by molar-refractivity contribution is 5.75. The van der Waals surface area contributed by atoms with E-state index in [2.05, 4.69) is 19.8 Å². The fraction of sp³-hybridized carbons (Fsp3) is 0.632. The van der Waals surface area contributed by atoms with Crippen molar-refractivity contribution in [2.45, 2.75) is 24.8 Å². The van der Waals surface area contributed by atoms with E-state index in [1.807, 2.05) is 12.1 Å². The summed E-state index contributed by atoms with van der Waals surface area (Å²) in [5, 5.41) is 0. The summed E-state index contributed by atoms with van der Waals surface area (Å²) < 4.78 is 32.6. The van der Waals surface area contributed by atoms with Crippen LogP contribution in [-0.2, 0) is 0 Å². The number of carbonyl (C=O) groups is 1. The van der Waals surface area contributed by atoms with Crippen molar-refractivity contribution < 1.29 is 18.0 Å². The fourth-order valence-electron chi connectivity index (χ4n) is 4.48. The van der Waals surface area contributed by atoms with Crippen LogP contribution in [-0.4, -0.2) is 95.0 Å². The van der Waals surface area contributed by atoms with E-state index in [1.165, 1.54) is 4.90 Å². The number of nitrogens with zero attached hydrogens (tertiary/aromatic N) is 6. The lowest BCUT2D eigenvalue weighted by atomic mass is 10.2. The maximum atomic E-state index is 13.4. The van der Waals surface area contributed by atoms with Crippen molar-refractivity contribution in [2.75, 3.05) is 57.3 Å². The summed E-state index contributed by atoms with van der Waals surface area (Å²) in [5.41, 5.74) is 1.30. The van der Waals surface area contributed by atoms with Crippen molar-refractivity contribution in [1.29, 1.82) is 0 Å². The van der Waals surface area contributed by atoms with Crippen LogP contribution in [0.15, 0.2) is 22.7 Å². The Balaban J connectivity index is 1.15. The second-order valence-electron chi connectivity index (χ2n) is 8.05. The third-order valence-electron chi connectivity index (χ3n) is 6.13. The number of alkyl halides is 2. The molecule has 3 fully saturated rings. The zero-order valence-corrected chi connectivity index (χ0v) is 16.1. The SMILES string of the molecule is O=C(N1CC[C@H](N2CCN(c3nc4cccnc4o3)CC2)C1)N1CCC(F)(F)C1. The number of oxazole rings is 1. The van der Waals surface area contributed by atoms with Gasteiger partial charge >= 0.3 is 6.03 Å². The van der Waals surface area contributed by atoms with Gasteiger partial charge < -0.3 is 19.1 Å². The topological polar surface area (TPSA) is 69.0 Å². The quantitative estimate of drug-likeness (QED) is 0.759. The summed E-state index contributed by atoms with van der Waals surface area (Å²) in [6, 6.07) is 4.34. The van der Waals surface area contributed by atoms with Crippen molar-refractivity contribution in [2.24, 2.45) is 0 Å². The molecule has 3 aliphatic heterocycles. The Kier molecular flexibility index (Phi) is 4.53. The average molecular weight is 406 g/mol. The Hall–Kier alpha value is -2.49. The van der Waals surface area contributed by atoms with Crippen LogP contribution in [0.2, 0.25) is 0 Å². The highest BCUT2D eigenvalue weighted by Crippen LogP contribution is 2.29. The molecule has 0 radical (unpaired) electrons. The monoisotopic (exact) mass is 406 g/mol. The largest absolute Gasteiger partial charge is 0.404 e. The minimum atomic E-state index is -2.74. The molecule has 10 heteroatoms. The summed E-state index contributed by atoms with van der Waals surface area (Å²) in [7, 11) is 0. The second kappa shape index (κ2) is 7.08. The van der Waals surface area contributed by atoms with Crippen LogP contribution in [0.25, 0.3) is 11.2 Å². The van der Waals surface area contributed by atoms with Crippen molar-refractivity contribution in [1.82, 2.24) is 24.7 Å². The maximum Gasteiger partial charge on any atom is 0.320 e. The minimum Gasteiger partial charge on any atom is -0.404 e. The van der Waals surface area contributed by atoms with Gasteiger partial charge in [-0.3, -0.25) is 4.90 Å². The molecule has 2 aromatic heterocycles. The predicted octanol–water partition coefficient (Wildman–Crippen LogP) is 1.88. The summed E-state index contributed by atoms with van der Waals surface area (Å²) in [5.74, 6) is -2.74. The van der Waals surface area contributed by atoms with E-state index in [4.69, 9.17) is 4.42 Å². The Labute approximate surface area is 167 Å². The molecule has 3 saturated heterocycles. The highest BCUT2D eigenvalue weighted by Gasteiger charge is 2.43.